The zero-order valence-electron chi connectivity index (χ0n) is 13.4. The largest absolute Gasteiger partial charge is 0.380 e. The number of ether oxygens (including phenoxy) is 1. The third-order valence-electron chi connectivity index (χ3n) is 4.31. The van der Waals surface area contributed by atoms with Crippen LogP contribution in [0.4, 0.5) is 0 Å². The van der Waals surface area contributed by atoms with Gasteiger partial charge in [0.05, 0.1) is 6.61 Å². The molecule has 1 aliphatic rings. The minimum atomic E-state index is 0.816. The van der Waals surface area contributed by atoms with Gasteiger partial charge in [0.2, 0.25) is 0 Å². The van der Waals surface area contributed by atoms with E-state index in [1.54, 1.807) is 0 Å². The fourth-order valence-corrected chi connectivity index (χ4v) is 3.01. The lowest BCUT2D eigenvalue weighted by Crippen LogP contribution is -2.39. The van der Waals surface area contributed by atoms with E-state index >= 15 is 0 Å². The van der Waals surface area contributed by atoms with Gasteiger partial charge in [-0.05, 0) is 50.8 Å². The van der Waals surface area contributed by atoms with Gasteiger partial charge >= 0.3 is 0 Å². The van der Waals surface area contributed by atoms with Crippen molar-refractivity contribution in [2.45, 2.75) is 26.2 Å². The van der Waals surface area contributed by atoms with E-state index in [-0.39, 0.29) is 0 Å². The Kier molecular flexibility index (Phi) is 7.79. The van der Waals surface area contributed by atoms with Crippen molar-refractivity contribution in [2.24, 2.45) is 5.92 Å². The van der Waals surface area contributed by atoms with Crippen molar-refractivity contribution in [3.05, 3.63) is 35.9 Å². The summed E-state index contributed by atoms with van der Waals surface area (Å²) in [5, 5.41) is 3.45. The Bertz CT molecular complexity index is 361. The van der Waals surface area contributed by atoms with E-state index < -0.39 is 0 Å². The van der Waals surface area contributed by atoms with Gasteiger partial charge in [0.1, 0.15) is 0 Å². The highest BCUT2D eigenvalue weighted by Crippen LogP contribution is 2.21. The topological polar surface area (TPSA) is 24.5 Å². The average Bonchev–Trinajstić information content (AvgIpc) is 2.53. The minimum Gasteiger partial charge on any atom is -0.380 e. The number of benzene rings is 1. The first-order chi connectivity index (χ1) is 10.4. The van der Waals surface area contributed by atoms with Crippen LogP contribution in [0.2, 0.25) is 0 Å². The third-order valence-corrected chi connectivity index (χ3v) is 4.31. The second-order valence-electron chi connectivity index (χ2n) is 5.92. The summed E-state index contributed by atoms with van der Waals surface area (Å²) in [4.78, 5) is 2.59. The lowest BCUT2D eigenvalue weighted by molar-refractivity contribution is 0.146. The van der Waals surface area contributed by atoms with Gasteiger partial charge in [0, 0.05) is 26.2 Å². The number of hydrogen-bond donors (Lipinski definition) is 1. The highest BCUT2D eigenvalue weighted by molar-refractivity contribution is 5.15. The summed E-state index contributed by atoms with van der Waals surface area (Å²) in [5.41, 5.74) is 1.49. The molecule has 1 aliphatic heterocycles. The van der Waals surface area contributed by atoms with E-state index in [2.05, 4.69) is 40.5 Å². The van der Waals surface area contributed by atoms with Crippen LogP contribution in [0, 0.1) is 5.92 Å². The van der Waals surface area contributed by atoms with Gasteiger partial charge in [0.25, 0.3) is 0 Å². The van der Waals surface area contributed by atoms with Crippen LogP contribution >= 0.6 is 0 Å². The van der Waals surface area contributed by atoms with Crippen LogP contribution < -0.4 is 5.32 Å². The monoisotopic (exact) mass is 290 g/mol. The lowest BCUT2D eigenvalue weighted by Gasteiger charge is -2.32. The van der Waals surface area contributed by atoms with Crippen molar-refractivity contribution in [1.82, 2.24) is 10.2 Å². The first-order valence-corrected chi connectivity index (χ1v) is 8.43. The van der Waals surface area contributed by atoms with Crippen LogP contribution in [0.15, 0.2) is 30.3 Å². The zero-order valence-corrected chi connectivity index (χ0v) is 13.4. The van der Waals surface area contributed by atoms with Crippen molar-refractivity contribution >= 4 is 0 Å². The quantitative estimate of drug-likeness (QED) is 0.708. The highest BCUT2D eigenvalue weighted by Gasteiger charge is 2.18. The fourth-order valence-electron chi connectivity index (χ4n) is 3.01. The van der Waals surface area contributed by atoms with E-state index in [0.29, 0.717) is 0 Å². The van der Waals surface area contributed by atoms with Crippen molar-refractivity contribution in [3.63, 3.8) is 0 Å². The molecule has 1 fully saturated rings. The van der Waals surface area contributed by atoms with Crippen LogP contribution in [-0.4, -0.2) is 50.8 Å². The number of rotatable bonds is 9. The number of hydrogen-bond acceptors (Lipinski definition) is 3. The molecule has 0 unspecified atom stereocenters. The predicted octanol–water partition coefficient (Wildman–Crippen LogP) is 2.57. The molecule has 0 bridgehead atoms. The molecule has 0 saturated carbocycles. The summed E-state index contributed by atoms with van der Waals surface area (Å²) >= 11 is 0. The Labute approximate surface area is 129 Å². The molecule has 3 nitrogen and oxygen atoms in total. The lowest BCUT2D eigenvalue weighted by atomic mass is 9.90. The van der Waals surface area contributed by atoms with Gasteiger partial charge < -0.3 is 15.0 Å². The molecule has 1 heterocycles. The average molecular weight is 290 g/mol. The van der Waals surface area contributed by atoms with Crippen LogP contribution in [0.25, 0.3) is 0 Å². The number of nitrogens with zero attached hydrogens (tertiary/aromatic N) is 1. The van der Waals surface area contributed by atoms with Gasteiger partial charge in [-0.2, -0.15) is 0 Å². The normalized spacial score (nSPS) is 17.2. The molecule has 3 heteroatoms. The molecule has 1 saturated heterocycles. The molecule has 2 rings (SSSR count). The van der Waals surface area contributed by atoms with Crippen molar-refractivity contribution in [2.75, 3.05) is 45.9 Å². The predicted molar refractivity (Wildman–Crippen MR) is 88.7 cm³/mol. The summed E-state index contributed by atoms with van der Waals surface area (Å²) in [5.74, 6) is 0.870. The molecule has 0 spiro atoms. The molecule has 1 N–H and O–H groups in total. The van der Waals surface area contributed by atoms with Gasteiger partial charge in [0.15, 0.2) is 0 Å². The molecular formula is C18H30N2O. The van der Waals surface area contributed by atoms with E-state index in [1.165, 1.54) is 44.5 Å². The summed E-state index contributed by atoms with van der Waals surface area (Å²) < 4.78 is 5.32. The summed E-state index contributed by atoms with van der Waals surface area (Å²) in [7, 11) is 0. The van der Waals surface area contributed by atoms with Crippen LogP contribution in [0.5, 0.6) is 0 Å². The Hall–Kier alpha value is -0.900. The van der Waals surface area contributed by atoms with Gasteiger partial charge in [-0.3, -0.25) is 0 Å². The minimum absolute atomic E-state index is 0.816. The number of piperidine rings is 1. The summed E-state index contributed by atoms with van der Waals surface area (Å²) in [6.07, 6.45) is 3.93. The van der Waals surface area contributed by atoms with Crippen molar-refractivity contribution < 1.29 is 4.74 Å². The Morgan fingerprint density at radius 3 is 2.62 bits per heavy atom. The van der Waals surface area contributed by atoms with E-state index in [4.69, 9.17) is 4.74 Å². The van der Waals surface area contributed by atoms with Gasteiger partial charge in [-0.15, -0.1) is 0 Å². The maximum absolute atomic E-state index is 5.32. The van der Waals surface area contributed by atoms with Gasteiger partial charge in [-0.25, -0.2) is 0 Å². The zero-order chi connectivity index (χ0) is 14.8. The molecule has 1 aromatic carbocycles. The second kappa shape index (κ2) is 9.93. The van der Waals surface area contributed by atoms with Crippen LogP contribution in [0.3, 0.4) is 0 Å². The SMILES string of the molecule is CCOCCNCCN1CCC(Cc2ccccc2)CC1. The molecule has 0 aliphatic carbocycles. The first kappa shape index (κ1) is 16.5. The third kappa shape index (κ3) is 6.60. The number of nitrogens with one attached hydrogen (secondary N) is 1. The van der Waals surface area contributed by atoms with Gasteiger partial charge in [-0.1, -0.05) is 30.3 Å². The summed E-state index contributed by atoms with van der Waals surface area (Å²) in [6.45, 7) is 9.42. The molecule has 1 aromatic rings. The maximum atomic E-state index is 5.32. The molecule has 0 amide bonds. The van der Waals surface area contributed by atoms with E-state index in [9.17, 15) is 0 Å². The second-order valence-corrected chi connectivity index (χ2v) is 5.92. The highest BCUT2D eigenvalue weighted by atomic mass is 16.5. The van der Waals surface area contributed by atoms with E-state index in [0.717, 1.165) is 32.2 Å². The van der Waals surface area contributed by atoms with Crippen molar-refractivity contribution in [3.8, 4) is 0 Å². The molecule has 0 atom stereocenters. The van der Waals surface area contributed by atoms with Crippen LogP contribution in [0.1, 0.15) is 25.3 Å². The number of likely N-dealkylation sites (tertiary alicyclic amines) is 1. The first-order valence-electron chi connectivity index (χ1n) is 8.43. The van der Waals surface area contributed by atoms with E-state index in [1.807, 2.05) is 6.92 Å². The summed E-state index contributed by atoms with van der Waals surface area (Å²) in [6, 6.07) is 10.9. The van der Waals surface area contributed by atoms with Crippen molar-refractivity contribution in [1.29, 1.82) is 0 Å². The molecule has 21 heavy (non-hydrogen) atoms. The standard InChI is InChI=1S/C18H30N2O/c1-2-21-15-11-19-10-14-20-12-8-18(9-13-20)16-17-6-4-3-5-7-17/h3-7,18-19H,2,8-16H2,1H3. The molecule has 118 valence electrons. The maximum Gasteiger partial charge on any atom is 0.0590 e. The molecule has 0 radical (unpaired) electrons. The molecule has 0 aromatic heterocycles. The smallest absolute Gasteiger partial charge is 0.0590 e. The Balaban J connectivity index is 1.54. The van der Waals surface area contributed by atoms with Crippen LogP contribution in [-0.2, 0) is 11.2 Å². The molecular weight excluding hydrogens is 260 g/mol. The fraction of sp³-hybridized carbons (Fsp3) is 0.667. The Morgan fingerprint density at radius 1 is 1.14 bits per heavy atom. The Morgan fingerprint density at radius 2 is 1.90 bits per heavy atom.